The highest BCUT2D eigenvalue weighted by Gasteiger charge is 2.11. The third kappa shape index (κ3) is 3.91. The molecule has 6 nitrogen and oxygen atoms in total. The van der Waals surface area contributed by atoms with Gasteiger partial charge in [-0.05, 0) is 30.6 Å². The topological polar surface area (TPSA) is 71.0 Å². The normalized spacial score (nSPS) is 10.5. The van der Waals surface area contributed by atoms with E-state index in [1.54, 1.807) is 23.3 Å². The van der Waals surface area contributed by atoms with E-state index in [0.29, 0.717) is 6.54 Å². The van der Waals surface area contributed by atoms with Gasteiger partial charge < -0.3 is 10.2 Å². The molecule has 0 aliphatic carbocycles. The van der Waals surface area contributed by atoms with Crippen LogP contribution in [-0.4, -0.2) is 32.5 Å². The van der Waals surface area contributed by atoms with Gasteiger partial charge in [0.1, 0.15) is 10.7 Å². The molecular weight excluding hydrogens is 330 g/mol. The highest BCUT2D eigenvalue weighted by Crippen LogP contribution is 2.20. The Labute approximate surface area is 142 Å². The van der Waals surface area contributed by atoms with Crippen LogP contribution in [0.2, 0.25) is 0 Å². The molecular formula is C15H15N5OS2. The van der Waals surface area contributed by atoms with Crippen molar-refractivity contribution in [3.05, 3.63) is 45.7 Å². The standard InChI is InChI=1S/C15H15N5OS2/c1-10-8-22-14(16-10)7-20(2)15(21)17-12-5-3-11(4-6-12)13-9-23-19-18-13/h3-6,8-9H,7H2,1-2H3,(H,17,21). The molecule has 118 valence electrons. The van der Waals surface area contributed by atoms with E-state index in [9.17, 15) is 4.79 Å². The van der Waals surface area contributed by atoms with Crippen molar-refractivity contribution >= 4 is 34.6 Å². The van der Waals surface area contributed by atoms with E-state index in [0.717, 1.165) is 27.6 Å². The van der Waals surface area contributed by atoms with Crippen LogP contribution in [0, 0.1) is 6.92 Å². The van der Waals surface area contributed by atoms with Gasteiger partial charge in [0, 0.05) is 34.8 Å². The molecule has 2 amide bonds. The van der Waals surface area contributed by atoms with Gasteiger partial charge in [-0.3, -0.25) is 0 Å². The minimum atomic E-state index is -0.166. The van der Waals surface area contributed by atoms with Crippen LogP contribution in [0.5, 0.6) is 0 Å². The summed E-state index contributed by atoms with van der Waals surface area (Å²) < 4.78 is 3.84. The fourth-order valence-corrected chi connectivity index (χ4v) is 3.27. The molecule has 3 rings (SSSR count). The van der Waals surface area contributed by atoms with Crippen molar-refractivity contribution in [1.29, 1.82) is 0 Å². The summed E-state index contributed by atoms with van der Waals surface area (Å²) in [5.41, 5.74) is 3.53. The Bertz CT molecular complexity index is 783. The van der Waals surface area contributed by atoms with Gasteiger partial charge >= 0.3 is 6.03 Å². The van der Waals surface area contributed by atoms with Crippen molar-refractivity contribution < 1.29 is 4.79 Å². The zero-order valence-corrected chi connectivity index (χ0v) is 14.3. The highest BCUT2D eigenvalue weighted by atomic mass is 32.1. The van der Waals surface area contributed by atoms with Crippen LogP contribution in [0.15, 0.2) is 35.0 Å². The number of aromatic nitrogens is 3. The van der Waals surface area contributed by atoms with Gasteiger partial charge in [-0.1, -0.05) is 16.6 Å². The molecule has 0 aliphatic rings. The van der Waals surface area contributed by atoms with Crippen LogP contribution in [0.4, 0.5) is 10.5 Å². The van der Waals surface area contributed by atoms with Crippen LogP contribution >= 0.6 is 22.9 Å². The molecule has 0 bridgehead atoms. The Balaban J connectivity index is 1.61. The first-order chi connectivity index (χ1) is 11.1. The van der Waals surface area contributed by atoms with E-state index in [-0.39, 0.29) is 6.03 Å². The van der Waals surface area contributed by atoms with Gasteiger partial charge in [0.2, 0.25) is 0 Å². The Kier molecular flexibility index (Phi) is 4.63. The number of hydrogen-bond donors (Lipinski definition) is 1. The summed E-state index contributed by atoms with van der Waals surface area (Å²) in [4.78, 5) is 18.2. The van der Waals surface area contributed by atoms with E-state index in [4.69, 9.17) is 0 Å². The molecule has 2 aromatic heterocycles. The number of amides is 2. The van der Waals surface area contributed by atoms with Crippen molar-refractivity contribution in [1.82, 2.24) is 19.5 Å². The molecule has 0 spiro atoms. The van der Waals surface area contributed by atoms with Crippen molar-refractivity contribution in [2.24, 2.45) is 0 Å². The predicted molar refractivity (Wildman–Crippen MR) is 92.7 cm³/mol. The van der Waals surface area contributed by atoms with E-state index in [1.807, 2.05) is 41.9 Å². The number of anilines is 1. The molecule has 0 unspecified atom stereocenters. The van der Waals surface area contributed by atoms with E-state index >= 15 is 0 Å². The van der Waals surface area contributed by atoms with Crippen LogP contribution in [-0.2, 0) is 6.54 Å². The average molecular weight is 345 g/mol. The molecule has 8 heteroatoms. The van der Waals surface area contributed by atoms with Gasteiger partial charge in [0.25, 0.3) is 0 Å². The van der Waals surface area contributed by atoms with Crippen LogP contribution in [0.1, 0.15) is 10.7 Å². The predicted octanol–water partition coefficient (Wildman–Crippen LogP) is 3.63. The monoisotopic (exact) mass is 345 g/mol. The first-order valence-corrected chi connectivity index (χ1v) is 8.64. The van der Waals surface area contributed by atoms with E-state index < -0.39 is 0 Å². The van der Waals surface area contributed by atoms with Crippen LogP contribution in [0.3, 0.4) is 0 Å². The number of carbonyl (C=O) groups is 1. The Morgan fingerprint density at radius 1 is 1.26 bits per heavy atom. The molecule has 0 atom stereocenters. The van der Waals surface area contributed by atoms with Gasteiger partial charge in [-0.2, -0.15) is 0 Å². The lowest BCUT2D eigenvalue weighted by Gasteiger charge is -2.16. The number of thiazole rings is 1. The summed E-state index contributed by atoms with van der Waals surface area (Å²) in [7, 11) is 1.75. The zero-order valence-electron chi connectivity index (χ0n) is 12.7. The average Bonchev–Trinajstić information content (AvgIpc) is 3.20. The Hall–Kier alpha value is -2.32. The number of nitrogens with one attached hydrogen (secondary N) is 1. The number of hydrogen-bond acceptors (Lipinski definition) is 6. The second-order valence-corrected chi connectivity index (χ2v) is 6.59. The quantitative estimate of drug-likeness (QED) is 0.784. The van der Waals surface area contributed by atoms with Crippen LogP contribution < -0.4 is 5.32 Å². The third-order valence-electron chi connectivity index (χ3n) is 3.18. The second kappa shape index (κ2) is 6.84. The minimum Gasteiger partial charge on any atom is -0.321 e. The van der Waals surface area contributed by atoms with Crippen molar-refractivity contribution in [2.75, 3.05) is 12.4 Å². The fraction of sp³-hybridized carbons (Fsp3) is 0.200. The van der Waals surface area contributed by atoms with Gasteiger partial charge in [-0.25, -0.2) is 9.78 Å². The van der Waals surface area contributed by atoms with Gasteiger partial charge in [0.15, 0.2) is 0 Å². The first-order valence-electron chi connectivity index (χ1n) is 6.92. The maximum absolute atomic E-state index is 12.2. The summed E-state index contributed by atoms with van der Waals surface area (Å²) >= 11 is 2.87. The number of rotatable bonds is 4. The van der Waals surface area contributed by atoms with Gasteiger partial charge in [-0.15, -0.1) is 16.4 Å². The summed E-state index contributed by atoms with van der Waals surface area (Å²) in [5.74, 6) is 0. The van der Waals surface area contributed by atoms with E-state index in [2.05, 4.69) is 19.9 Å². The Morgan fingerprint density at radius 3 is 2.65 bits per heavy atom. The largest absolute Gasteiger partial charge is 0.321 e. The molecule has 0 fully saturated rings. The summed E-state index contributed by atoms with van der Waals surface area (Å²) in [6.45, 7) is 2.44. The molecule has 0 saturated heterocycles. The molecule has 0 radical (unpaired) electrons. The molecule has 2 heterocycles. The van der Waals surface area contributed by atoms with Gasteiger partial charge in [0.05, 0.1) is 6.54 Å². The highest BCUT2D eigenvalue weighted by molar-refractivity contribution is 7.09. The molecule has 1 aromatic carbocycles. The zero-order chi connectivity index (χ0) is 16.2. The first kappa shape index (κ1) is 15.6. The lowest BCUT2D eigenvalue weighted by Crippen LogP contribution is -2.30. The van der Waals surface area contributed by atoms with E-state index in [1.165, 1.54) is 11.5 Å². The SMILES string of the molecule is Cc1csc(CN(C)C(=O)Nc2ccc(-c3csnn3)cc2)n1. The maximum atomic E-state index is 12.2. The summed E-state index contributed by atoms with van der Waals surface area (Å²) in [5, 5.41) is 11.7. The van der Waals surface area contributed by atoms with Crippen molar-refractivity contribution in [2.45, 2.75) is 13.5 Å². The molecule has 0 aliphatic heterocycles. The summed E-state index contributed by atoms with van der Waals surface area (Å²) in [6.07, 6.45) is 0. The molecule has 23 heavy (non-hydrogen) atoms. The van der Waals surface area contributed by atoms with Crippen molar-refractivity contribution in [3.63, 3.8) is 0 Å². The number of carbonyl (C=O) groups excluding carboxylic acids is 1. The third-order valence-corrected chi connectivity index (χ3v) is 4.63. The smallest absolute Gasteiger partial charge is 0.321 e. The minimum absolute atomic E-state index is 0.166. The lowest BCUT2D eigenvalue weighted by molar-refractivity contribution is 0.220. The van der Waals surface area contributed by atoms with Crippen molar-refractivity contribution in [3.8, 4) is 11.3 Å². The number of aryl methyl sites for hydroxylation is 1. The number of nitrogens with zero attached hydrogens (tertiary/aromatic N) is 4. The lowest BCUT2D eigenvalue weighted by atomic mass is 10.1. The maximum Gasteiger partial charge on any atom is 0.321 e. The van der Waals surface area contributed by atoms with Crippen LogP contribution in [0.25, 0.3) is 11.3 Å². The Morgan fingerprint density at radius 2 is 2.04 bits per heavy atom. The second-order valence-electron chi connectivity index (χ2n) is 5.04. The fourth-order valence-electron chi connectivity index (χ4n) is 1.98. The molecule has 1 N–H and O–H groups in total. The molecule has 3 aromatic rings. The number of benzene rings is 1. The molecule has 0 saturated carbocycles. The summed E-state index contributed by atoms with van der Waals surface area (Å²) in [6, 6.07) is 7.37. The number of urea groups is 1.